The van der Waals surface area contributed by atoms with Gasteiger partial charge in [0.05, 0.1) is 12.7 Å². The summed E-state index contributed by atoms with van der Waals surface area (Å²) in [6.07, 6.45) is 0.185. The van der Waals surface area contributed by atoms with E-state index in [9.17, 15) is 27.9 Å². The Kier molecular flexibility index (Phi) is 5.91. The second-order valence-corrected chi connectivity index (χ2v) is 6.47. The number of ether oxygens (including phenoxy) is 1. The number of rotatable bonds is 5. The summed E-state index contributed by atoms with van der Waals surface area (Å²) in [5, 5.41) is 12.5. The van der Waals surface area contributed by atoms with E-state index in [-0.39, 0.29) is 23.4 Å². The highest BCUT2D eigenvalue weighted by atomic mass is 19.4. The number of ketones is 1. The van der Waals surface area contributed by atoms with Crippen LogP contribution in [0, 0.1) is 5.92 Å². The highest BCUT2D eigenvalue weighted by Crippen LogP contribution is 2.32. The molecule has 0 bridgehead atoms. The summed E-state index contributed by atoms with van der Waals surface area (Å²) in [6.45, 7) is 0. The van der Waals surface area contributed by atoms with Gasteiger partial charge in [0.2, 0.25) is 0 Å². The van der Waals surface area contributed by atoms with Gasteiger partial charge in [0.25, 0.3) is 5.91 Å². The van der Waals surface area contributed by atoms with Crippen LogP contribution in [0.4, 0.5) is 18.9 Å². The number of carbonyl (C=O) groups is 2. The lowest BCUT2D eigenvalue weighted by atomic mass is 9.89. The average Bonchev–Trinajstić information content (AvgIpc) is 2.73. The molecule has 0 saturated heterocycles. The summed E-state index contributed by atoms with van der Waals surface area (Å²) in [6, 6.07) is 7.10. The normalized spacial score (nSPS) is 16.0. The Hall–Kier alpha value is -3.62. The fourth-order valence-electron chi connectivity index (χ4n) is 2.94. The lowest BCUT2D eigenvalue weighted by Gasteiger charge is -2.17. The smallest absolute Gasteiger partial charge is 0.416 e. The first-order valence-corrected chi connectivity index (χ1v) is 8.84. The third kappa shape index (κ3) is 4.51. The van der Waals surface area contributed by atoms with Crippen LogP contribution in [-0.4, -0.2) is 35.1 Å². The maximum atomic E-state index is 12.9. The van der Waals surface area contributed by atoms with Crippen molar-refractivity contribution >= 4 is 17.4 Å². The Bertz CT molecular complexity index is 1030. The van der Waals surface area contributed by atoms with Gasteiger partial charge in [-0.2, -0.15) is 13.2 Å². The molecule has 0 saturated carbocycles. The van der Waals surface area contributed by atoms with E-state index in [4.69, 9.17) is 4.74 Å². The van der Waals surface area contributed by atoms with Crippen LogP contribution in [-0.2, 0) is 0 Å². The van der Waals surface area contributed by atoms with Gasteiger partial charge in [-0.25, -0.2) is 4.98 Å². The van der Waals surface area contributed by atoms with E-state index in [2.05, 4.69) is 10.3 Å². The fourth-order valence-corrected chi connectivity index (χ4v) is 2.94. The number of benzene rings is 1. The molecule has 1 atom stereocenters. The molecule has 2 N–H and O–H groups in total. The molecule has 0 fully saturated rings. The number of anilines is 1. The Morgan fingerprint density at radius 3 is 2.53 bits per heavy atom. The van der Waals surface area contributed by atoms with E-state index in [1.165, 1.54) is 49.7 Å². The van der Waals surface area contributed by atoms with Gasteiger partial charge in [0.15, 0.2) is 23.0 Å². The van der Waals surface area contributed by atoms with Crippen LogP contribution in [0.2, 0.25) is 0 Å². The van der Waals surface area contributed by atoms with Crippen LogP contribution in [0.25, 0.3) is 0 Å². The van der Waals surface area contributed by atoms with Gasteiger partial charge in [-0.15, -0.1) is 0 Å². The first kappa shape index (κ1) is 21.1. The largest absolute Gasteiger partial charge is 0.503 e. The lowest BCUT2D eigenvalue weighted by Crippen LogP contribution is -2.19. The van der Waals surface area contributed by atoms with Gasteiger partial charge >= 0.3 is 6.18 Å². The molecule has 0 radical (unpaired) electrons. The second-order valence-electron chi connectivity index (χ2n) is 6.47. The fraction of sp³-hybridized carbons (Fsp3) is 0.190. The molecule has 0 spiro atoms. The maximum Gasteiger partial charge on any atom is 0.416 e. The van der Waals surface area contributed by atoms with Crippen molar-refractivity contribution in [2.45, 2.75) is 12.6 Å². The van der Waals surface area contributed by atoms with Gasteiger partial charge in [-0.3, -0.25) is 9.59 Å². The highest BCUT2D eigenvalue weighted by molar-refractivity contribution is 6.05. The van der Waals surface area contributed by atoms with E-state index in [0.29, 0.717) is 5.69 Å². The van der Waals surface area contributed by atoms with Crippen molar-refractivity contribution in [1.82, 2.24) is 4.98 Å². The van der Waals surface area contributed by atoms with Crippen molar-refractivity contribution < 1.29 is 32.6 Å². The average molecular weight is 418 g/mol. The number of hydrogen-bond acceptors (Lipinski definition) is 5. The molecule has 1 aliphatic rings. The molecule has 6 nitrogen and oxygen atoms in total. The Balaban J connectivity index is 1.72. The number of amides is 1. The molecular formula is C21H17F3N2O4. The number of pyridine rings is 1. The molecule has 9 heteroatoms. The predicted molar refractivity (Wildman–Crippen MR) is 103 cm³/mol. The van der Waals surface area contributed by atoms with Gasteiger partial charge < -0.3 is 15.2 Å². The molecule has 1 unspecified atom stereocenters. The zero-order valence-electron chi connectivity index (χ0n) is 15.7. The van der Waals surface area contributed by atoms with Crippen LogP contribution in [0.5, 0.6) is 11.5 Å². The van der Waals surface area contributed by atoms with Crippen molar-refractivity contribution in [1.29, 1.82) is 0 Å². The van der Waals surface area contributed by atoms with E-state index in [1.807, 2.05) is 0 Å². The summed E-state index contributed by atoms with van der Waals surface area (Å²) in [7, 11) is 1.33. The predicted octanol–water partition coefficient (Wildman–Crippen LogP) is 4.30. The number of allylic oxidation sites excluding steroid dienone is 4. The van der Waals surface area contributed by atoms with Crippen LogP contribution < -0.4 is 10.1 Å². The zero-order valence-corrected chi connectivity index (χ0v) is 15.7. The molecule has 156 valence electrons. The number of halogens is 3. The summed E-state index contributed by atoms with van der Waals surface area (Å²) in [4.78, 5) is 28.7. The Morgan fingerprint density at radius 2 is 1.90 bits per heavy atom. The van der Waals surface area contributed by atoms with Crippen LogP contribution in [0.1, 0.15) is 27.3 Å². The summed E-state index contributed by atoms with van der Waals surface area (Å²) < 4.78 is 43.5. The number of carbonyl (C=O) groups excluding carboxylic acids is 2. The van der Waals surface area contributed by atoms with Crippen LogP contribution >= 0.6 is 0 Å². The molecule has 1 aromatic heterocycles. The Labute approximate surface area is 169 Å². The minimum absolute atomic E-state index is 0.0870. The summed E-state index contributed by atoms with van der Waals surface area (Å²) in [5.41, 5.74) is -0.557. The molecule has 0 aliphatic heterocycles. The molecule has 1 aliphatic carbocycles. The number of nitrogens with one attached hydrogen (secondary N) is 1. The van der Waals surface area contributed by atoms with Gasteiger partial charge in [-0.1, -0.05) is 18.2 Å². The first-order valence-electron chi connectivity index (χ1n) is 8.84. The van der Waals surface area contributed by atoms with Crippen molar-refractivity contribution in [3.8, 4) is 11.5 Å². The highest BCUT2D eigenvalue weighted by Gasteiger charge is 2.34. The van der Waals surface area contributed by atoms with Crippen molar-refractivity contribution in [3.05, 3.63) is 71.6 Å². The number of aromatic hydroxyl groups is 1. The van der Waals surface area contributed by atoms with E-state index in [0.717, 1.165) is 12.2 Å². The molecule has 1 amide bonds. The molecule has 3 rings (SSSR count). The molecular weight excluding hydrogens is 401 g/mol. The van der Waals surface area contributed by atoms with Gasteiger partial charge in [-0.05, 0) is 30.7 Å². The minimum Gasteiger partial charge on any atom is -0.503 e. The van der Waals surface area contributed by atoms with Crippen molar-refractivity contribution in [2.24, 2.45) is 5.92 Å². The third-order valence-electron chi connectivity index (χ3n) is 4.48. The lowest BCUT2D eigenvalue weighted by molar-refractivity contribution is -0.0888. The summed E-state index contributed by atoms with van der Waals surface area (Å²) >= 11 is 0. The van der Waals surface area contributed by atoms with E-state index in [1.54, 1.807) is 0 Å². The van der Waals surface area contributed by atoms with Crippen LogP contribution in [0.15, 0.2) is 60.3 Å². The number of methoxy groups -OCH3 is 1. The molecule has 30 heavy (non-hydrogen) atoms. The number of hydrogen-bond donors (Lipinski definition) is 2. The quantitative estimate of drug-likeness (QED) is 0.707. The van der Waals surface area contributed by atoms with Crippen LogP contribution in [0.3, 0.4) is 0 Å². The zero-order chi connectivity index (χ0) is 21.9. The van der Waals surface area contributed by atoms with Gasteiger partial charge in [0.1, 0.15) is 0 Å². The van der Waals surface area contributed by atoms with Gasteiger partial charge in [0, 0.05) is 29.4 Å². The topological polar surface area (TPSA) is 88.5 Å². The summed E-state index contributed by atoms with van der Waals surface area (Å²) in [5.74, 6) is -2.39. The number of aromatic nitrogens is 1. The third-order valence-corrected chi connectivity index (χ3v) is 4.48. The minimum atomic E-state index is -4.51. The number of alkyl halides is 3. The van der Waals surface area contributed by atoms with E-state index >= 15 is 0 Å². The van der Waals surface area contributed by atoms with E-state index < -0.39 is 35.1 Å². The molecule has 1 heterocycles. The molecule has 1 aromatic carbocycles. The molecule has 2 aromatic rings. The SMILES string of the molecule is COc1ccnc(C(=O)Nc2ccc(C(=O)C3C=C(C(F)(F)F)C=CC3)cc2)c1O. The first-order chi connectivity index (χ1) is 14.2. The monoisotopic (exact) mass is 418 g/mol. The standard InChI is InChI=1S/C21H17F3N2O4/c1-30-16-9-10-25-17(19(16)28)20(29)26-15-7-5-12(6-8-15)18(27)13-3-2-4-14(11-13)21(22,23)24/h2,4-11,13,28H,3H2,1H3,(H,26,29). The van der Waals surface area contributed by atoms with Crippen molar-refractivity contribution in [2.75, 3.05) is 12.4 Å². The van der Waals surface area contributed by atoms with Crippen molar-refractivity contribution in [3.63, 3.8) is 0 Å². The number of Topliss-reactive ketones (excluding diaryl/α,β-unsaturated/α-hetero) is 1. The second kappa shape index (κ2) is 8.40. The Morgan fingerprint density at radius 1 is 1.20 bits per heavy atom. The maximum absolute atomic E-state index is 12.9. The number of nitrogens with zero attached hydrogens (tertiary/aromatic N) is 1.